The first kappa shape index (κ1) is 18.1. The number of halogens is 1. The molecule has 2 heterocycles. The molecule has 0 radical (unpaired) electrons. The second-order valence-electron chi connectivity index (χ2n) is 6.49. The first-order valence-corrected chi connectivity index (χ1v) is 9.06. The largest absolute Gasteiger partial charge is 0.460 e. The fraction of sp³-hybridized carbons (Fsp3) is 0.143. The summed E-state index contributed by atoms with van der Waals surface area (Å²) in [6, 6.07) is 12.1. The van der Waals surface area contributed by atoms with Gasteiger partial charge in [-0.15, -0.1) is 0 Å². The smallest absolute Gasteiger partial charge is 0.235 e. The van der Waals surface area contributed by atoms with Crippen LogP contribution >= 0.6 is 11.6 Å². The van der Waals surface area contributed by atoms with Gasteiger partial charge in [0.25, 0.3) is 0 Å². The lowest BCUT2D eigenvalue weighted by molar-refractivity contribution is 0.451. The standard InChI is InChI=1S/C21H18ClN3O3/c1-12-20(13(2)25(3)24-12)23-15-6-9-17-18(10-15)27-11-19(21(17)26)28-16-7-4-14(22)5-8-16/h4-11,23H,1-3H3. The Morgan fingerprint density at radius 3 is 2.57 bits per heavy atom. The van der Waals surface area contributed by atoms with Crippen molar-refractivity contribution in [3.05, 3.63) is 75.4 Å². The van der Waals surface area contributed by atoms with Crippen molar-refractivity contribution in [3.8, 4) is 11.5 Å². The van der Waals surface area contributed by atoms with Crippen LogP contribution in [0.5, 0.6) is 11.5 Å². The summed E-state index contributed by atoms with van der Waals surface area (Å²) in [5.74, 6) is 0.631. The third-order valence-electron chi connectivity index (χ3n) is 4.56. The zero-order valence-corrected chi connectivity index (χ0v) is 16.4. The van der Waals surface area contributed by atoms with Crippen LogP contribution in [0.15, 0.2) is 57.9 Å². The summed E-state index contributed by atoms with van der Waals surface area (Å²) in [6.45, 7) is 3.93. The molecule has 2 aromatic heterocycles. The monoisotopic (exact) mass is 395 g/mol. The van der Waals surface area contributed by atoms with E-state index >= 15 is 0 Å². The number of benzene rings is 2. The molecule has 6 nitrogen and oxygen atoms in total. The van der Waals surface area contributed by atoms with Crippen molar-refractivity contribution in [2.75, 3.05) is 5.32 Å². The lowest BCUT2D eigenvalue weighted by atomic mass is 10.2. The van der Waals surface area contributed by atoms with Gasteiger partial charge in [-0.1, -0.05) is 11.6 Å². The molecule has 4 aromatic rings. The fourth-order valence-corrected chi connectivity index (χ4v) is 3.11. The molecule has 0 saturated heterocycles. The number of hydrogen-bond acceptors (Lipinski definition) is 5. The number of rotatable bonds is 4. The zero-order valence-electron chi connectivity index (χ0n) is 15.6. The van der Waals surface area contributed by atoms with Gasteiger partial charge in [-0.3, -0.25) is 9.48 Å². The van der Waals surface area contributed by atoms with Crippen LogP contribution in [0.4, 0.5) is 11.4 Å². The molecule has 0 bridgehead atoms. The molecule has 0 saturated carbocycles. The molecule has 7 heteroatoms. The third kappa shape index (κ3) is 3.34. The Morgan fingerprint density at radius 1 is 1.14 bits per heavy atom. The Bertz CT molecular complexity index is 1230. The normalized spacial score (nSPS) is 11.0. The average Bonchev–Trinajstić information content (AvgIpc) is 2.92. The van der Waals surface area contributed by atoms with E-state index in [1.807, 2.05) is 31.6 Å². The molecular formula is C21H18ClN3O3. The number of nitrogens with zero attached hydrogens (tertiary/aromatic N) is 2. The van der Waals surface area contributed by atoms with Gasteiger partial charge in [-0.05, 0) is 50.2 Å². The molecule has 2 aromatic carbocycles. The number of ether oxygens (including phenoxy) is 1. The highest BCUT2D eigenvalue weighted by atomic mass is 35.5. The number of fused-ring (bicyclic) bond motifs is 1. The van der Waals surface area contributed by atoms with Gasteiger partial charge in [0, 0.05) is 23.8 Å². The summed E-state index contributed by atoms with van der Waals surface area (Å²) >= 11 is 5.87. The van der Waals surface area contributed by atoms with Crippen LogP contribution in [-0.4, -0.2) is 9.78 Å². The molecule has 0 fully saturated rings. The fourth-order valence-electron chi connectivity index (χ4n) is 2.99. The van der Waals surface area contributed by atoms with E-state index in [0.717, 1.165) is 22.8 Å². The summed E-state index contributed by atoms with van der Waals surface area (Å²) in [4.78, 5) is 12.7. The Labute approximate surface area is 166 Å². The lowest BCUT2D eigenvalue weighted by Gasteiger charge is -2.09. The predicted octanol–water partition coefficient (Wildman–Crippen LogP) is 5.33. The summed E-state index contributed by atoms with van der Waals surface area (Å²) in [6.07, 6.45) is 1.32. The molecule has 0 spiro atoms. The van der Waals surface area contributed by atoms with Crippen LogP contribution < -0.4 is 15.5 Å². The van der Waals surface area contributed by atoms with Crippen LogP contribution in [0.3, 0.4) is 0 Å². The van der Waals surface area contributed by atoms with E-state index in [0.29, 0.717) is 21.7 Å². The number of aromatic nitrogens is 2. The predicted molar refractivity (Wildman–Crippen MR) is 110 cm³/mol. The highest BCUT2D eigenvalue weighted by Crippen LogP contribution is 2.27. The minimum Gasteiger partial charge on any atom is -0.460 e. The molecule has 0 atom stereocenters. The van der Waals surface area contributed by atoms with Crippen molar-refractivity contribution in [3.63, 3.8) is 0 Å². The molecule has 0 aliphatic carbocycles. The van der Waals surface area contributed by atoms with Gasteiger partial charge in [0.2, 0.25) is 11.2 Å². The minimum absolute atomic E-state index is 0.120. The van der Waals surface area contributed by atoms with Gasteiger partial charge in [0.05, 0.1) is 22.5 Å². The molecule has 142 valence electrons. The van der Waals surface area contributed by atoms with Crippen molar-refractivity contribution in [2.45, 2.75) is 13.8 Å². The molecule has 4 rings (SSSR count). The van der Waals surface area contributed by atoms with Crippen LogP contribution in [-0.2, 0) is 7.05 Å². The van der Waals surface area contributed by atoms with Crippen molar-refractivity contribution in [1.29, 1.82) is 0 Å². The van der Waals surface area contributed by atoms with Crippen molar-refractivity contribution >= 4 is 33.9 Å². The summed E-state index contributed by atoms with van der Waals surface area (Å²) in [7, 11) is 1.90. The van der Waals surface area contributed by atoms with E-state index in [2.05, 4.69) is 10.4 Å². The summed E-state index contributed by atoms with van der Waals surface area (Å²) in [5, 5.41) is 8.78. The molecular weight excluding hydrogens is 378 g/mol. The second-order valence-corrected chi connectivity index (χ2v) is 6.93. The molecule has 0 aliphatic rings. The van der Waals surface area contributed by atoms with E-state index < -0.39 is 0 Å². The van der Waals surface area contributed by atoms with Gasteiger partial charge in [-0.25, -0.2) is 0 Å². The summed E-state index contributed by atoms with van der Waals surface area (Å²) in [5.41, 5.74) is 3.89. The van der Waals surface area contributed by atoms with E-state index in [-0.39, 0.29) is 11.2 Å². The number of hydrogen-bond donors (Lipinski definition) is 1. The minimum atomic E-state index is -0.239. The molecule has 1 N–H and O–H groups in total. The maximum absolute atomic E-state index is 12.7. The first-order valence-electron chi connectivity index (χ1n) is 8.68. The van der Waals surface area contributed by atoms with Crippen molar-refractivity contribution in [1.82, 2.24) is 9.78 Å². The second kappa shape index (κ2) is 7.05. The number of aryl methyl sites for hydroxylation is 2. The first-order chi connectivity index (χ1) is 13.4. The van der Waals surface area contributed by atoms with Gasteiger partial charge in [-0.2, -0.15) is 5.10 Å². The lowest BCUT2D eigenvalue weighted by Crippen LogP contribution is -2.05. The van der Waals surface area contributed by atoms with Crippen LogP contribution in [0.25, 0.3) is 11.0 Å². The highest BCUT2D eigenvalue weighted by Gasteiger charge is 2.12. The topological polar surface area (TPSA) is 69.3 Å². The van der Waals surface area contributed by atoms with Crippen molar-refractivity contribution < 1.29 is 9.15 Å². The Morgan fingerprint density at radius 2 is 1.89 bits per heavy atom. The summed E-state index contributed by atoms with van der Waals surface area (Å²) < 4.78 is 13.1. The molecule has 0 aliphatic heterocycles. The number of anilines is 2. The SMILES string of the molecule is Cc1nn(C)c(C)c1Nc1ccc2c(=O)c(Oc3ccc(Cl)cc3)coc2c1. The van der Waals surface area contributed by atoms with Gasteiger partial charge in [0.15, 0.2) is 0 Å². The molecule has 0 amide bonds. The Hall–Kier alpha value is -3.25. The number of nitrogens with one attached hydrogen (secondary N) is 1. The zero-order chi connectivity index (χ0) is 19.8. The quantitative estimate of drug-likeness (QED) is 0.505. The Kier molecular flexibility index (Phi) is 4.57. The van der Waals surface area contributed by atoms with Crippen LogP contribution in [0.2, 0.25) is 5.02 Å². The van der Waals surface area contributed by atoms with Crippen LogP contribution in [0, 0.1) is 13.8 Å². The molecule has 28 heavy (non-hydrogen) atoms. The average molecular weight is 396 g/mol. The molecule has 0 unspecified atom stereocenters. The maximum Gasteiger partial charge on any atom is 0.235 e. The van der Waals surface area contributed by atoms with Gasteiger partial charge >= 0.3 is 0 Å². The van der Waals surface area contributed by atoms with Crippen LogP contribution in [0.1, 0.15) is 11.4 Å². The van der Waals surface area contributed by atoms with E-state index in [1.165, 1.54) is 6.26 Å². The van der Waals surface area contributed by atoms with E-state index in [4.69, 9.17) is 20.8 Å². The maximum atomic E-state index is 12.7. The van der Waals surface area contributed by atoms with E-state index in [1.54, 1.807) is 36.4 Å². The van der Waals surface area contributed by atoms with Crippen molar-refractivity contribution in [2.24, 2.45) is 7.05 Å². The van der Waals surface area contributed by atoms with Gasteiger partial charge < -0.3 is 14.5 Å². The third-order valence-corrected chi connectivity index (χ3v) is 4.81. The van der Waals surface area contributed by atoms with Gasteiger partial charge in [0.1, 0.15) is 17.6 Å². The van der Waals surface area contributed by atoms with E-state index in [9.17, 15) is 4.79 Å². The highest BCUT2D eigenvalue weighted by molar-refractivity contribution is 6.30. The Balaban J connectivity index is 1.66.